The highest BCUT2D eigenvalue weighted by Gasteiger charge is 2.31. The van der Waals surface area contributed by atoms with E-state index < -0.39 is 6.08 Å². The van der Waals surface area contributed by atoms with E-state index in [0.717, 1.165) is 23.8 Å². The van der Waals surface area contributed by atoms with Gasteiger partial charge >= 0.3 is 0 Å². The second kappa shape index (κ2) is 11.9. The van der Waals surface area contributed by atoms with Gasteiger partial charge in [0.1, 0.15) is 0 Å². The van der Waals surface area contributed by atoms with Gasteiger partial charge in [-0.05, 0) is 73.3 Å². The molecule has 0 spiro atoms. The van der Waals surface area contributed by atoms with Gasteiger partial charge in [0.15, 0.2) is 0 Å². The summed E-state index contributed by atoms with van der Waals surface area (Å²) >= 11 is 0. The van der Waals surface area contributed by atoms with Crippen molar-refractivity contribution < 1.29 is 8.78 Å². The highest BCUT2D eigenvalue weighted by Crippen LogP contribution is 2.44. The van der Waals surface area contributed by atoms with Gasteiger partial charge in [-0.1, -0.05) is 82.6 Å². The summed E-state index contributed by atoms with van der Waals surface area (Å²) in [4.78, 5) is 0. The molecule has 29 heavy (non-hydrogen) atoms. The van der Waals surface area contributed by atoms with Crippen molar-refractivity contribution in [3.05, 3.63) is 41.5 Å². The molecule has 2 fully saturated rings. The molecule has 2 heteroatoms. The van der Waals surface area contributed by atoms with Crippen LogP contribution in [0.2, 0.25) is 0 Å². The Bertz CT molecular complexity index is 598. The van der Waals surface area contributed by atoms with E-state index in [0.29, 0.717) is 11.5 Å². The van der Waals surface area contributed by atoms with Crippen LogP contribution in [0, 0.1) is 17.8 Å². The summed E-state index contributed by atoms with van der Waals surface area (Å²) in [5.74, 6) is 3.52. The van der Waals surface area contributed by atoms with E-state index in [-0.39, 0.29) is 0 Å². The fourth-order valence-corrected chi connectivity index (χ4v) is 5.90. The predicted octanol–water partition coefficient (Wildman–Crippen LogP) is 9.36. The molecule has 0 saturated heterocycles. The average molecular weight is 403 g/mol. The Balaban J connectivity index is 1.36. The molecule has 0 atom stereocenters. The maximum Gasteiger partial charge on any atom is 0.270 e. The van der Waals surface area contributed by atoms with Crippen LogP contribution in [-0.4, -0.2) is 0 Å². The van der Waals surface area contributed by atoms with E-state index in [1.165, 1.54) is 95.5 Å². The molecule has 0 heterocycles. The minimum atomic E-state index is -1.62. The minimum Gasteiger partial charge on any atom is -0.173 e. The van der Waals surface area contributed by atoms with Crippen LogP contribution in [0.5, 0.6) is 0 Å². The van der Waals surface area contributed by atoms with Crippen LogP contribution < -0.4 is 0 Å². The second-order valence-corrected chi connectivity index (χ2v) is 9.70. The molecule has 0 bridgehead atoms. The van der Waals surface area contributed by atoms with Gasteiger partial charge in [-0.25, -0.2) is 0 Å². The van der Waals surface area contributed by atoms with E-state index in [1.807, 2.05) is 12.1 Å². The fourth-order valence-electron chi connectivity index (χ4n) is 5.90. The lowest BCUT2D eigenvalue weighted by atomic mass is 9.68. The molecular formula is C27H40F2. The van der Waals surface area contributed by atoms with Crippen molar-refractivity contribution in [3.8, 4) is 0 Å². The summed E-state index contributed by atoms with van der Waals surface area (Å²) in [5.41, 5.74) is 1.94. The first-order valence-corrected chi connectivity index (χ1v) is 12.3. The average Bonchev–Trinajstić information content (AvgIpc) is 2.74. The van der Waals surface area contributed by atoms with E-state index in [2.05, 4.69) is 19.1 Å². The molecule has 0 radical (unpaired) electrons. The van der Waals surface area contributed by atoms with Gasteiger partial charge < -0.3 is 0 Å². The molecule has 162 valence electrons. The summed E-state index contributed by atoms with van der Waals surface area (Å²) in [6, 6.07) is 7.80. The molecule has 0 aliphatic heterocycles. The lowest BCUT2D eigenvalue weighted by Crippen LogP contribution is -2.25. The number of rotatable bonds is 9. The Labute approximate surface area is 177 Å². The SMILES string of the molecule is CCCCCCC[C@H]1CC[C@H]([C@H]2CC[C@H](c3ccc(C=C(F)F)cc3)CC2)CC1. The van der Waals surface area contributed by atoms with Crippen LogP contribution in [0.25, 0.3) is 6.08 Å². The second-order valence-electron chi connectivity index (χ2n) is 9.70. The van der Waals surface area contributed by atoms with Crippen molar-refractivity contribution in [1.82, 2.24) is 0 Å². The summed E-state index contributed by atoms with van der Waals surface area (Å²) in [6.07, 6.45) is 19.0. The van der Waals surface area contributed by atoms with Gasteiger partial charge in [0, 0.05) is 6.08 Å². The van der Waals surface area contributed by atoms with Crippen molar-refractivity contribution in [2.45, 2.75) is 103 Å². The van der Waals surface area contributed by atoms with E-state index >= 15 is 0 Å². The Morgan fingerprint density at radius 1 is 0.793 bits per heavy atom. The van der Waals surface area contributed by atoms with Crippen LogP contribution in [0.15, 0.2) is 30.3 Å². The van der Waals surface area contributed by atoms with Gasteiger partial charge in [0.2, 0.25) is 0 Å². The molecule has 1 aromatic rings. The lowest BCUT2D eigenvalue weighted by molar-refractivity contribution is 0.155. The predicted molar refractivity (Wildman–Crippen MR) is 120 cm³/mol. The number of hydrogen-bond donors (Lipinski definition) is 0. The maximum absolute atomic E-state index is 12.4. The summed E-state index contributed by atoms with van der Waals surface area (Å²) in [5, 5.41) is 0. The molecule has 0 unspecified atom stereocenters. The molecule has 3 rings (SSSR count). The smallest absolute Gasteiger partial charge is 0.173 e. The highest BCUT2D eigenvalue weighted by atomic mass is 19.3. The van der Waals surface area contributed by atoms with E-state index in [9.17, 15) is 8.78 Å². The molecule has 0 amide bonds. The maximum atomic E-state index is 12.4. The van der Waals surface area contributed by atoms with Crippen LogP contribution in [-0.2, 0) is 0 Å². The van der Waals surface area contributed by atoms with Crippen molar-refractivity contribution >= 4 is 6.08 Å². The Hall–Kier alpha value is -1.18. The van der Waals surface area contributed by atoms with Crippen LogP contribution in [0.3, 0.4) is 0 Å². The fraction of sp³-hybridized carbons (Fsp3) is 0.704. The van der Waals surface area contributed by atoms with Gasteiger partial charge in [-0.3, -0.25) is 0 Å². The third-order valence-electron chi connectivity index (χ3n) is 7.73. The molecule has 1 aromatic carbocycles. The summed E-state index contributed by atoms with van der Waals surface area (Å²) in [6.45, 7) is 2.29. The van der Waals surface area contributed by atoms with Crippen LogP contribution in [0.1, 0.15) is 114 Å². The van der Waals surface area contributed by atoms with Crippen molar-refractivity contribution in [2.24, 2.45) is 17.8 Å². The number of halogens is 2. The summed E-state index contributed by atoms with van der Waals surface area (Å²) < 4.78 is 24.8. The molecule has 0 nitrogen and oxygen atoms in total. The zero-order chi connectivity index (χ0) is 20.5. The van der Waals surface area contributed by atoms with E-state index in [4.69, 9.17) is 0 Å². The number of unbranched alkanes of at least 4 members (excludes halogenated alkanes) is 4. The molecule has 2 saturated carbocycles. The highest BCUT2D eigenvalue weighted by molar-refractivity contribution is 5.50. The zero-order valence-electron chi connectivity index (χ0n) is 18.4. The standard InChI is InChI=1S/C27H40F2/c1-2-3-4-5-6-7-21-8-12-23(13-9-21)25-16-18-26(19-17-25)24-14-10-22(11-15-24)20-27(28)29/h10-11,14-15,20-21,23,25-26H,2-9,12-13,16-19H2,1H3/t21-,23-,25-,26-. The van der Waals surface area contributed by atoms with Crippen molar-refractivity contribution in [1.29, 1.82) is 0 Å². The normalized spacial score (nSPS) is 27.6. The Morgan fingerprint density at radius 3 is 1.97 bits per heavy atom. The molecular weight excluding hydrogens is 362 g/mol. The van der Waals surface area contributed by atoms with Gasteiger partial charge in [0.05, 0.1) is 0 Å². The minimum absolute atomic E-state index is 0.601. The van der Waals surface area contributed by atoms with Gasteiger partial charge in [-0.2, -0.15) is 8.78 Å². The zero-order valence-corrected chi connectivity index (χ0v) is 18.4. The third-order valence-corrected chi connectivity index (χ3v) is 7.73. The quantitative estimate of drug-likeness (QED) is 0.361. The molecule has 0 aromatic heterocycles. The van der Waals surface area contributed by atoms with E-state index in [1.54, 1.807) is 0 Å². The van der Waals surface area contributed by atoms with Crippen LogP contribution in [0.4, 0.5) is 8.78 Å². The Kier molecular flexibility index (Phi) is 9.21. The van der Waals surface area contributed by atoms with Crippen molar-refractivity contribution in [3.63, 3.8) is 0 Å². The molecule has 0 N–H and O–H groups in total. The molecule has 2 aliphatic rings. The lowest BCUT2D eigenvalue weighted by Gasteiger charge is -2.38. The van der Waals surface area contributed by atoms with Crippen LogP contribution >= 0.6 is 0 Å². The monoisotopic (exact) mass is 402 g/mol. The first-order chi connectivity index (χ1) is 14.2. The molecule has 2 aliphatic carbocycles. The first kappa shape index (κ1) is 22.5. The van der Waals surface area contributed by atoms with Gasteiger partial charge in [0.25, 0.3) is 6.08 Å². The van der Waals surface area contributed by atoms with Crippen molar-refractivity contribution in [2.75, 3.05) is 0 Å². The third kappa shape index (κ3) is 7.23. The van der Waals surface area contributed by atoms with Gasteiger partial charge in [-0.15, -0.1) is 0 Å². The number of benzene rings is 1. The first-order valence-electron chi connectivity index (χ1n) is 12.3. The Morgan fingerprint density at radius 2 is 1.38 bits per heavy atom. The topological polar surface area (TPSA) is 0 Å². The summed E-state index contributed by atoms with van der Waals surface area (Å²) in [7, 11) is 0. The number of hydrogen-bond acceptors (Lipinski definition) is 0. The largest absolute Gasteiger partial charge is 0.270 e.